The lowest BCUT2D eigenvalue weighted by Crippen LogP contribution is -2.52. The van der Waals surface area contributed by atoms with Gasteiger partial charge in [0.2, 0.25) is 5.91 Å². The highest BCUT2D eigenvalue weighted by Gasteiger charge is 2.28. The molecule has 4 rings (SSSR count). The summed E-state index contributed by atoms with van der Waals surface area (Å²) in [6.45, 7) is 3.90. The minimum absolute atomic E-state index is 0.127. The fourth-order valence-electron chi connectivity index (χ4n) is 4.25. The van der Waals surface area contributed by atoms with E-state index in [4.69, 9.17) is 0 Å². The normalized spacial score (nSPS) is 17.0. The van der Waals surface area contributed by atoms with E-state index in [1.807, 2.05) is 9.80 Å². The van der Waals surface area contributed by atoms with Crippen molar-refractivity contribution in [2.24, 2.45) is 0 Å². The number of rotatable bonds is 6. The second kappa shape index (κ2) is 11.0. The topological polar surface area (TPSA) is 87.0 Å². The van der Waals surface area contributed by atoms with Crippen LogP contribution in [0.1, 0.15) is 29.6 Å². The standard InChI is InChI=1S/C24H27FN4O4S/c25-20-6-2-3-7-22(20)34-21-9-8-18(29(32)33)16-19(21)24(31)28-14-12-26(13-15-28)17-23(30)27-10-4-1-5-11-27/h2-3,6-9,16H,1,4-5,10-15,17H2. The lowest BCUT2D eigenvalue weighted by Gasteiger charge is -2.36. The highest BCUT2D eigenvalue weighted by Crippen LogP contribution is 2.34. The second-order valence-corrected chi connectivity index (χ2v) is 9.56. The Morgan fingerprint density at radius 2 is 1.62 bits per heavy atom. The lowest BCUT2D eigenvalue weighted by molar-refractivity contribution is -0.384. The molecule has 2 amide bonds. The molecule has 10 heteroatoms. The van der Waals surface area contributed by atoms with Crippen LogP contribution in [0.4, 0.5) is 10.1 Å². The van der Waals surface area contributed by atoms with Crippen molar-refractivity contribution in [3.63, 3.8) is 0 Å². The summed E-state index contributed by atoms with van der Waals surface area (Å²) in [6, 6.07) is 10.3. The number of non-ortho nitro benzene ring substituents is 1. The Hall–Kier alpha value is -2.98. The smallest absolute Gasteiger partial charge is 0.270 e. The SMILES string of the molecule is O=C(CN1CCN(C(=O)c2cc([N+](=O)[O-])ccc2Sc2ccccc2F)CC1)N1CCCCC1. The van der Waals surface area contributed by atoms with Gasteiger partial charge in [-0.1, -0.05) is 23.9 Å². The predicted molar refractivity (Wildman–Crippen MR) is 126 cm³/mol. The van der Waals surface area contributed by atoms with E-state index in [2.05, 4.69) is 0 Å². The highest BCUT2D eigenvalue weighted by molar-refractivity contribution is 7.99. The van der Waals surface area contributed by atoms with Gasteiger partial charge in [-0.05, 0) is 37.5 Å². The third kappa shape index (κ3) is 5.74. The summed E-state index contributed by atoms with van der Waals surface area (Å²) in [5.74, 6) is -0.623. The molecule has 0 saturated carbocycles. The largest absolute Gasteiger partial charge is 0.342 e. The van der Waals surface area contributed by atoms with Crippen molar-refractivity contribution < 1.29 is 18.9 Å². The summed E-state index contributed by atoms with van der Waals surface area (Å²) in [6.07, 6.45) is 3.26. The van der Waals surface area contributed by atoms with E-state index in [9.17, 15) is 24.1 Å². The van der Waals surface area contributed by atoms with Crippen molar-refractivity contribution in [2.45, 2.75) is 29.1 Å². The molecule has 0 atom stereocenters. The molecule has 0 bridgehead atoms. The first-order chi connectivity index (χ1) is 16.4. The molecule has 2 fully saturated rings. The molecule has 0 aliphatic carbocycles. The van der Waals surface area contributed by atoms with Gasteiger partial charge in [0.05, 0.1) is 17.0 Å². The van der Waals surface area contributed by atoms with Crippen molar-refractivity contribution in [3.05, 3.63) is 64.0 Å². The molecule has 2 aliphatic rings. The zero-order valence-corrected chi connectivity index (χ0v) is 19.6. The lowest BCUT2D eigenvalue weighted by atomic mass is 10.1. The fraction of sp³-hybridized carbons (Fsp3) is 0.417. The van der Waals surface area contributed by atoms with Crippen molar-refractivity contribution >= 4 is 29.3 Å². The van der Waals surface area contributed by atoms with Crippen LogP contribution in [0.25, 0.3) is 0 Å². The molecule has 0 N–H and O–H groups in total. The maximum Gasteiger partial charge on any atom is 0.270 e. The molecule has 34 heavy (non-hydrogen) atoms. The molecular formula is C24H27FN4O4S. The fourth-order valence-corrected chi connectivity index (χ4v) is 5.19. The van der Waals surface area contributed by atoms with E-state index in [1.165, 1.54) is 30.7 Å². The first-order valence-electron chi connectivity index (χ1n) is 11.4. The number of piperazine rings is 1. The zero-order chi connectivity index (χ0) is 24.1. The Bertz CT molecular complexity index is 1070. The van der Waals surface area contributed by atoms with E-state index >= 15 is 0 Å². The summed E-state index contributed by atoms with van der Waals surface area (Å²) < 4.78 is 14.2. The van der Waals surface area contributed by atoms with Crippen molar-refractivity contribution in [2.75, 3.05) is 45.8 Å². The van der Waals surface area contributed by atoms with Crippen molar-refractivity contribution in [3.8, 4) is 0 Å². The molecule has 0 aromatic heterocycles. The van der Waals surface area contributed by atoms with Crippen LogP contribution >= 0.6 is 11.8 Å². The van der Waals surface area contributed by atoms with Crippen LogP contribution in [0.15, 0.2) is 52.3 Å². The minimum atomic E-state index is -0.543. The molecule has 2 heterocycles. The molecule has 180 valence electrons. The van der Waals surface area contributed by atoms with E-state index in [-0.39, 0.29) is 23.1 Å². The van der Waals surface area contributed by atoms with E-state index in [1.54, 1.807) is 23.1 Å². The minimum Gasteiger partial charge on any atom is -0.342 e. The van der Waals surface area contributed by atoms with Gasteiger partial charge in [0.15, 0.2) is 0 Å². The molecule has 2 aliphatic heterocycles. The van der Waals surface area contributed by atoms with Gasteiger partial charge < -0.3 is 9.80 Å². The predicted octanol–water partition coefficient (Wildman–Crippen LogP) is 3.66. The number of piperidine rings is 1. The second-order valence-electron chi connectivity index (χ2n) is 8.48. The van der Waals surface area contributed by atoms with Gasteiger partial charge in [-0.3, -0.25) is 24.6 Å². The first kappa shape index (κ1) is 24.2. The zero-order valence-electron chi connectivity index (χ0n) is 18.8. The number of hydrogen-bond acceptors (Lipinski definition) is 6. The summed E-state index contributed by atoms with van der Waals surface area (Å²) >= 11 is 1.07. The number of carbonyl (C=O) groups is 2. The van der Waals surface area contributed by atoms with Crippen LogP contribution < -0.4 is 0 Å². The summed E-state index contributed by atoms with van der Waals surface area (Å²) in [4.78, 5) is 43.1. The summed E-state index contributed by atoms with van der Waals surface area (Å²) in [5, 5.41) is 11.3. The monoisotopic (exact) mass is 486 g/mol. The van der Waals surface area contributed by atoms with Gasteiger partial charge in [0.25, 0.3) is 11.6 Å². The Balaban J connectivity index is 1.44. The maximum atomic E-state index is 14.2. The van der Waals surface area contributed by atoms with Crippen LogP contribution in [-0.4, -0.2) is 77.3 Å². The van der Waals surface area contributed by atoms with Crippen molar-refractivity contribution in [1.29, 1.82) is 0 Å². The Labute approximate surface area is 201 Å². The number of carbonyl (C=O) groups excluding carboxylic acids is 2. The maximum absolute atomic E-state index is 14.2. The Morgan fingerprint density at radius 3 is 2.29 bits per heavy atom. The number of benzene rings is 2. The van der Waals surface area contributed by atoms with Crippen molar-refractivity contribution in [1.82, 2.24) is 14.7 Å². The van der Waals surface area contributed by atoms with E-state index in [0.29, 0.717) is 42.5 Å². The summed E-state index contributed by atoms with van der Waals surface area (Å²) in [5.41, 5.74) is -0.00714. The molecule has 2 aromatic carbocycles. The molecule has 0 radical (unpaired) electrons. The van der Waals surface area contributed by atoms with Crippen LogP contribution in [0, 0.1) is 15.9 Å². The average molecular weight is 487 g/mol. The van der Waals surface area contributed by atoms with Gasteiger partial charge in [-0.15, -0.1) is 0 Å². The number of amides is 2. The average Bonchev–Trinajstić information content (AvgIpc) is 2.86. The number of likely N-dealkylation sites (tertiary alicyclic amines) is 1. The molecular weight excluding hydrogens is 459 g/mol. The van der Waals surface area contributed by atoms with Gasteiger partial charge >= 0.3 is 0 Å². The third-order valence-electron chi connectivity index (χ3n) is 6.19. The number of halogens is 1. The number of hydrogen-bond donors (Lipinski definition) is 0. The van der Waals surface area contributed by atoms with Gasteiger partial charge in [0.1, 0.15) is 5.82 Å². The van der Waals surface area contributed by atoms with E-state index < -0.39 is 10.7 Å². The van der Waals surface area contributed by atoms with Gasteiger partial charge in [-0.25, -0.2) is 4.39 Å². The van der Waals surface area contributed by atoms with Crippen LogP contribution in [0.5, 0.6) is 0 Å². The first-order valence-corrected chi connectivity index (χ1v) is 12.2. The summed E-state index contributed by atoms with van der Waals surface area (Å²) in [7, 11) is 0. The molecule has 0 spiro atoms. The third-order valence-corrected chi connectivity index (χ3v) is 7.31. The van der Waals surface area contributed by atoms with Crippen LogP contribution in [0.3, 0.4) is 0 Å². The Morgan fingerprint density at radius 1 is 0.912 bits per heavy atom. The Kier molecular flexibility index (Phi) is 7.79. The molecule has 0 unspecified atom stereocenters. The highest BCUT2D eigenvalue weighted by atomic mass is 32.2. The van der Waals surface area contributed by atoms with Crippen LogP contribution in [-0.2, 0) is 4.79 Å². The molecule has 8 nitrogen and oxygen atoms in total. The molecule has 2 saturated heterocycles. The van der Waals surface area contributed by atoms with E-state index in [0.717, 1.165) is 37.7 Å². The number of nitrogens with zero attached hydrogens (tertiary/aromatic N) is 4. The number of nitro benzene ring substituents is 1. The van der Waals surface area contributed by atoms with Gasteiger partial charge in [0, 0.05) is 61.2 Å². The quantitative estimate of drug-likeness (QED) is 0.458. The van der Waals surface area contributed by atoms with Gasteiger partial charge in [-0.2, -0.15) is 0 Å². The van der Waals surface area contributed by atoms with Crippen LogP contribution in [0.2, 0.25) is 0 Å². The number of nitro groups is 1. The molecule has 2 aromatic rings.